The van der Waals surface area contributed by atoms with Crippen LogP contribution >= 0.6 is 0 Å². The van der Waals surface area contributed by atoms with Gasteiger partial charge in [-0.2, -0.15) is 0 Å². The van der Waals surface area contributed by atoms with Crippen LogP contribution in [-0.2, 0) is 28.6 Å². The predicted molar refractivity (Wildman–Crippen MR) is 274 cm³/mol. The van der Waals surface area contributed by atoms with Crippen molar-refractivity contribution >= 4 is 17.9 Å². The first-order valence-corrected chi connectivity index (χ1v) is 26.9. The van der Waals surface area contributed by atoms with Crippen molar-refractivity contribution in [2.24, 2.45) is 0 Å². The third-order valence-corrected chi connectivity index (χ3v) is 11.4. The monoisotopic (exact) mass is 893 g/mol. The van der Waals surface area contributed by atoms with Gasteiger partial charge < -0.3 is 14.2 Å². The van der Waals surface area contributed by atoms with Gasteiger partial charge in [-0.05, 0) is 96.3 Å². The number of rotatable bonds is 48. The van der Waals surface area contributed by atoms with Gasteiger partial charge in [0.1, 0.15) is 13.2 Å². The second-order valence-electron chi connectivity index (χ2n) is 17.7. The fourth-order valence-electron chi connectivity index (χ4n) is 7.36. The summed E-state index contributed by atoms with van der Waals surface area (Å²) < 4.78 is 16.8. The van der Waals surface area contributed by atoms with E-state index in [9.17, 15) is 14.4 Å². The van der Waals surface area contributed by atoms with Crippen LogP contribution in [0.2, 0.25) is 0 Å². The first kappa shape index (κ1) is 60.9. The lowest BCUT2D eigenvalue weighted by atomic mass is 10.0. The maximum absolute atomic E-state index is 12.7. The van der Waals surface area contributed by atoms with E-state index in [1.54, 1.807) is 0 Å². The average Bonchev–Trinajstić information content (AvgIpc) is 3.29. The summed E-state index contributed by atoms with van der Waals surface area (Å²) in [7, 11) is 0. The second kappa shape index (κ2) is 52.5. The minimum Gasteiger partial charge on any atom is -0.462 e. The smallest absolute Gasteiger partial charge is 0.306 e. The molecule has 0 N–H and O–H groups in total. The van der Waals surface area contributed by atoms with Gasteiger partial charge in [-0.3, -0.25) is 14.4 Å². The Labute approximate surface area is 395 Å². The highest BCUT2D eigenvalue weighted by molar-refractivity contribution is 5.71. The third kappa shape index (κ3) is 49.9. The topological polar surface area (TPSA) is 78.9 Å². The van der Waals surface area contributed by atoms with E-state index in [4.69, 9.17) is 14.2 Å². The summed E-state index contributed by atoms with van der Waals surface area (Å²) in [5, 5.41) is 0. The zero-order valence-electron chi connectivity index (χ0n) is 42.0. The van der Waals surface area contributed by atoms with Crippen molar-refractivity contribution in [1.29, 1.82) is 0 Å². The SMILES string of the molecule is CC/C=C\C/C=C\C/C=C\C/C=C\CCCCCCCCCCCCCCC(=O)OCC(COC(=O)CCCCCCC/C=C\CCC)OC(=O)CCCCCCC/C=C\CCCC. The van der Waals surface area contributed by atoms with Gasteiger partial charge in [-0.25, -0.2) is 0 Å². The highest BCUT2D eigenvalue weighted by atomic mass is 16.6. The Bertz CT molecular complexity index is 1210. The number of esters is 3. The van der Waals surface area contributed by atoms with Gasteiger partial charge in [0, 0.05) is 19.3 Å². The van der Waals surface area contributed by atoms with E-state index in [1.807, 2.05) is 0 Å². The number of carbonyl (C=O) groups is 3. The van der Waals surface area contributed by atoms with E-state index in [0.717, 1.165) is 109 Å². The fraction of sp³-hybridized carbons (Fsp3) is 0.741. The zero-order chi connectivity index (χ0) is 46.5. The summed E-state index contributed by atoms with van der Waals surface area (Å²) in [4.78, 5) is 37.9. The normalized spacial score (nSPS) is 12.6. The molecule has 0 aromatic heterocycles. The molecule has 0 aliphatic heterocycles. The molecular formula is C58H100O6. The lowest BCUT2D eigenvalue weighted by molar-refractivity contribution is -0.167. The maximum Gasteiger partial charge on any atom is 0.306 e. The van der Waals surface area contributed by atoms with E-state index in [-0.39, 0.29) is 31.1 Å². The largest absolute Gasteiger partial charge is 0.462 e. The van der Waals surface area contributed by atoms with Crippen molar-refractivity contribution < 1.29 is 28.6 Å². The molecule has 0 aliphatic carbocycles. The van der Waals surface area contributed by atoms with Crippen molar-refractivity contribution in [3.05, 3.63) is 72.9 Å². The second-order valence-corrected chi connectivity index (χ2v) is 17.7. The Morgan fingerprint density at radius 1 is 0.328 bits per heavy atom. The molecule has 0 aliphatic rings. The lowest BCUT2D eigenvalue weighted by Gasteiger charge is -2.18. The molecule has 0 radical (unpaired) electrons. The van der Waals surface area contributed by atoms with Crippen LogP contribution in [0, 0.1) is 0 Å². The molecule has 0 bridgehead atoms. The average molecular weight is 893 g/mol. The Hall–Kier alpha value is -3.15. The Kier molecular flexibility index (Phi) is 49.9. The Morgan fingerprint density at radius 3 is 1.03 bits per heavy atom. The number of hydrogen-bond acceptors (Lipinski definition) is 6. The molecule has 0 spiro atoms. The fourth-order valence-corrected chi connectivity index (χ4v) is 7.36. The number of ether oxygens (including phenoxy) is 3. The molecule has 0 saturated carbocycles. The standard InChI is InChI=1S/C58H100O6/c1-4-7-10-13-16-19-22-23-24-25-26-27-28-29-30-31-32-33-34-35-37-39-42-45-48-51-57(60)63-54-55(53-62-56(59)50-47-44-41-38-21-18-15-12-9-6-3)64-58(61)52-49-46-43-40-36-20-17-14-11-8-5-2/h7,10,12,14-17,19,23-24,26-27,55H,4-6,8-9,11,13,18,20-22,25,28-54H2,1-3H3/b10-7-,15-12-,17-14-,19-16-,24-23-,27-26-. The van der Waals surface area contributed by atoms with Crippen LogP contribution in [0.15, 0.2) is 72.9 Å². The van der Waals surface area contributed by atoms with Crippen LogP contribution in [0.25, 0.3) is 0 Å². The van der Waals surface area contributed by atoms with Gasteiger partial charge in [0.15, 0.2) is 6.10 Å². The molecule has 0 heterocycles. The van der Waals surface area contributed by atoms with E-state index >= 15 is 0 Å². The van der Waals surface area contributed by atoms with E-state index < -0.39 is 6.10 Å². The zero-order valence-corrected chi connectivity index (χ0v) is 42.0. The van der Waals surface area contributed by atoms with Crippen LogP contribution in [0.5, 0.6) is 0 Å². The highest BCUT2D eigenvalue weighted by Crippen LogP contribution is 2.15. The van der Waals surface area contributed by atoms with Crippen molar-refractivity contribution in [3.8, 4) is 0 Å². The number of allylic oxidation sites excluding steroid dienone is 12. The molecule has 64 heavy (non-hydrogen) atoms. The molecule has 0 aromatic carbocycles. The summed E-state index contributed by atoms with van der Waals surface area (Å²) in [5.74, 6) is -0.903. The highest BCUT2D eigenvalue weighted by Gasteiger charge is 2.19. The number of hydrogen-bond donors (Lipinski definition) is 0. The molecule has 0 saturated heterocycles. The maximum atomic E-state index is 12.7. The summed E-state index contributed by atoms with van der Waals surface area (Å²) >= 11 is 0. The van der Waals surface area contributed by atoms with E-state index in [1.165, 1.54) is 109 Å². The molecule has 1 atom stereocenters. The van der Waals surface area contributed by atoms with E-state index in [0.29, 0.717) is 19.3 Å². The van der Waals surface area contributed by atoms with E-state index in [2.05, 4.69) is 93.7 Å². The lowest BCUT2D eigenvalue weighted by Crippen LogP contribution is -2.30. The van der Waals surface area contributed by atoms with Crippen LogP contribution in [0.4, 0.5) is 0 Å². The molecule has 6 heteroatoms. The van der Waals surface area contributed by atoms with Crippen molar-refractivity contribution in [2.45, 2.75) is 264 Å². The van der Waals surface area contributed by atoms with Crippen LogP contribution < -0.4 is 0 Å². The number of unbranched alkanes of at least 4 members (excludes halogenated alkanes) is 25. The third-order valence-electron chi connectivity index (χ3n) is 11.4. The molecular weight excluding hydrogens is 793 g/mol. The molecule has 368 valence electrons. The Morgan fingerprint density at radius 2 is 0.641 bits per heavy atom. The summed E-state index contributed by atoms with van der Waals surface area (Å²) in [5.41, 5.74) is 0. The summed E-state index contributed by atoms with van der Waals surface area (Å²) in [6.07, 6.45) is 66.2. The molecule has 1 unspecified atom stereocenters. The van der Waals surface area contributed by atoms with Crippen molar-refractivity contribution in [1.82, 2.24) is 0 Å². The van der Waals surface area contributed by atoms with Crippen molar-refractivity contribution in [2.75, 3.05) is 13.2 Å². The first-order valence-electron chi connectivity index (χ1n) is 26.9. The Balaban J connectivity index is 4.19. The predicted octanol–water partition coefficient (Wildman–Crippen LogP) is 17.8. The van der Waals surface area contributed by atoms with Crippen LogP contribution in [-0.4, -0.2) is 37.2 Å². The van der Waals surface area contributed by atoms with Gasteiger partial charge >= 0.3 is 17.9 Å². The molecule has 0 fully saturated rings. The molecule has 6 nitrogen and oxygen atoms in total. The quantitative estimate of drug-likeness (QED) is 0.0262. The van der Waals surface area contributed by atoms with Gasteiger partial charge in [-0.15, -0.1) is 0 Å². The van der Waals surface area contributed by atoms with Gasteiger partial charge in [0.05, 0.1) is 0 Å². The first-order chi connectivity index (χ1) is 31.5. The van der Waals surface area contributed by atoms with Crippen molar-refractivity contribution in [3.63, 3.8) is 0 Å². The minimum absolute atomic E-state index is 0.0817. The minimum atomic E-state index is -0.781. The molecule has 0 aromatic rings. The molecule has 0 amide bonds. The number of carbonyl (C=O) groups excluding carboxylic acids is 3. The summed E-state index contributed by atoms with van der Waals surface area (Å²) in [6.45, 7) is 6.41. The van der Waals surface area contributed by atoms with Gasteiger partial charge in [0.2, 0.25) is 0 Å². The van der Waals surface area contributed by atoms with Crippen LogP contribution in [0.3, 0.4) is 0 Å². The molecule has 0 rings (SSSR count). The van der Waals surface area contributed by atoms with Gasteiger partial charge in [-0.1, -0.05) is 216 Å². The van der Waals surface area contributed by atoms with Gasteiger partial charge in [0.25, 0.3) is 0 Å². The summed E-state index contributed by atoms with van der Waals surface area (Å²) in [6, 6.07) is 0. The van der Waals surface area contributed by atoms with Crippen LogP contribution in [0.1, 0.15) is 258 Å².